The maximum atomic E-state index is 13.2. The number of rotatable bonds is 9. The Morgan fingerprint density at radius 1 is 0.703 bits per heavy atom. The van der Waals surface area contributed by atoms with Crippen LogP contribution in [0, 0.1) is 5.92 Å². The van der Waals surface area contributed by atoms with Crippen molar-refractivity contribution >= 4 is 35.1 Å². The Morgan fingerprint density at radius 3 is 1.84 bits per heavy atom. The molecule has 0 aliphatic rings. The molecule has 192 valence electrons. The van der Waals surface area contributed by atoms with Crippen molar-refractivity contribution in [3.05, 3.63) is 89.5 Å². The summed E-state index contributed by atoms with van der Waals surface area (Å²) in [6.45, 7) is 3.57. The second kappa shape index (κ2) is 12.3. The van der Waals surface area contributed by atoms with Crippen LogP contribution in [-0.4, -0.2) is 44.0 Å². The van der Waals surface area contributed by atoms with Gasteiger partial charge in [-0.2, -0.15) is 0 Å². The van der Waals surface area contributed by atoms with Gasteiger partial charge < -0.3 is 25.4 Å². The van der Waals surface area contributed by atoms with Gasteiger partial charge in [0.1, 0.15) is 11.8 Å². The fraction of sp³-hybridized carbons (Fsp3) is 0.214. The molecular formula is C28H29N3O6. The van der Waals surface area contributed by atoms with Gasteiger partial charge in [-0.25, -0.2) is 4.79 Å². The van der Waals surface area contributed by atoms with Gasteiger partial charge in [0.2, 0.25) is 5.91 Å². The standard InChI is InChI=1S/C28H29N3O6/c1-17(2)24(27(34)30-23-12-8-6-10-21(23)28(35)37-4)31-26(33)20-9-5-7-11-22(20)29-25(32)18-13-15-19(36-3)16-14-18/h5-17,24H,1-4H3,(H,29,32)(H,30,34)(H,31,33)/t24-/m0/s1. The highest BCUT2D eigenvalue weighted by Crippen LogP contribution is 2.20. The number of ether oxygens (including phenoxy) is 2. The summed E-state index contributed by atoms with van der Waals surface area (Å²) in [4.78, 5) is 51.2. The Balaban J connectivity index is 1.78. The Hall–Kier alpha value is -4.66. The topological polar surface area (TPSA) is 123 Å². The zero-order valence-corrected chi connectivity index (χ0v) is 21.0. The molecule has 0 aliphatic carbocycles. The molecule has 3 amide bonds. The minimum Gasteiger partial charge on any atom is -0.497 e. The summed E-state index contributed by atoms with van der Waals surface area (Å²) in [6.07, 6.45) is 0. The average Bonchev–Trinajstić information content (AvgIpc) is 2.91. The SMILES string of the molecule is COC(=O)c1ccccc1NC(=O)[C@@H](NC(=O)c1ccccc1NC(=O)c1ccc(OC)cc1)C(C)C. The van der Waals surface area contributed by atoms with Crippen molar-refractivity contribution in [2.45, 2.75) is 19.9 Å². The van der Waals surface area contributed by atoms with Crippen molar-refractivity contribution in [2.75, 3.05) is 24.9 Å². The van der Waals surface area contributed by atoms with Gasteiger partial charge in [-0.3, -0.25) is 14.4 Å². The van der Waals surface area contributed by atoms with Crippen LogP contribution in [0.15, 0.2) is 72.8 Å². The molecule has 0 aliphatic heterocycles. The molecule has 9 heteroatoms. The van der Waals surface area contributed by atoms with Crippen molar-refractivity contribution in [1.82, 2.24) is 5.32 Å². The van der Waals surface area contributed by atoms with E-state index in [1.54, 1.807) is 80.6 Å². The van der Waals surface area contributed by atoms with Crippen molar-refractivity contribution < 1.29 is 28.7 Å². The van der Waals surface area contributed by atoms with Gasteiger partial charge >= 0.3 is 5.97 Å². The highest BCUT2D eigenvalue weighted by Gasteiger charge is 2.27. The molecule has 9 nitrogen and oxygen atoms in total. The molecule has 0 saturated heterocycles. The van der Waals surface area contributed by atoms with Crippen LogP contribution < -0.4 is 20.7 Å². The summed E-state index contributed by atoms with van der Waals surface area (Å²) in [7, 11) is 2.79. The number of benzene rings is 3. The van der Waals surface area contributed by atoms with E-state index in [1.807, 2.05) is 0 Å². The molecule has 3 N–H and O–H groups in total. The van der Waals surface area contributed by atoms with Crippen LogP contribution in [0.2, 0.25) is 0 Å². The molecule has 3 aromatic rings. The quantitative estimate of drug-likeness (QED) is 0.378. The number of hydrogen-bond donors (Lipinski definition) is 3. The number of anilines is 2. The van der Waals surface area contributed by atoms with Crippen LogP contribution in [-0.2, 0) is 9.53 Å². The van der Waals surface area contributed by atoms with E-state index in [1.165, 1.54) is 20.3 Å². The van der Waals surface area contributed by atoms with Gasteiger partial charge in [0.25, 0.3) is 11.8 Å². The van der Waals surface area contributed by atoms with Crippen LogP contribution in [0.4, 0.5) is 11.4 Å². The van der Waals surface area contributed by atoms with Crippen LogP contribution in [0.3, 0.4) is 0 Å². The lowest BCUT2D eigenvalue weighted by atomic mass is 10.0. The van der Waals surface area contributed by atoms with Gasteiger partial charge in [-0.15, -0.1) is 0 Å². The number of hydrogen-bond acceptors (Lipinski definition) is 6. The molecule has 1 atom stereocenters. The Labute approximate surface area is 215 Å². The Kier molecular flexibility index (Phi) is 8.99. The van der Waals surface area contributed by atoms with Gasteiger partial charge in [0.15, 0.2) is 0 Å². The maximum Gasteiger partial charge on any atom is 0.339 e. The smallest absolute Gasteiger partial charge is 0.339 e. The van der Waals surface area contributed by atoms with E-state index in [0.717, 1.165) is 0 Å². The summed E-state index contributed by atoms with van der Waals surface area (Å²) in [5, 5.41) is 8.21. The molecule has 0 heterocycles. The first-order valence-corrected chi connectivity index (χ1v) is 11.6. The predicted octanol–water partition coefficient (Wildman–Crippen LogP) is 4.13. The fourth-order valence-corrected chi connectivity index (χ4v) is 3.57. The molecule has 0 bridgehead atoms. The zero-order valence-electron chi connectivity index (χ0n) is 21.0. The first kappa shape index (κ1) is 26.9. The third-order valence-electron chi connectivity index (χ3n) is 5.60. The zero-order chi connectivity index (χ0) is 26.9. The number of nitrogens with one attached hydrogen (secondary N) is 3. The van der Waals surface area contributed by atoms with Gasteiger partial charge in [-0.1, -0.05) is 38.1 Å². The molecule has 3 rings (SSSR count). The number of carbonyl (C=O) groups is 4. The van der Waals surface area contributed by atoms with Crippen molar-refractivity contribution in [3.8, 4) is 5.75 Å². The minimum atomic E-state index is -0.927. The van der Waals surface area contributed by atoms with E-state index in [9.17, 15) is 19.2 Å². The second-order valence-electron chi connectivity index (χ2n) is 8.45. The number of carbonyl (C=O) groups excluding carboxylic acids is 4. The monoisotopic (exact) mass is 503 g/mol. The predicted molar refractivity (Wildman–Crippen MR) is 140 cm³/mol. The molecule has 0 unspecified atom stereocenters. The lowest BCUT2D eigenvalue weighted by molar-refractivity contribution is -0.118. The summed E-state index contributed by atoms with van der Waals surface area (Å²) < 4.78 is 9.89. The highest BCUT2D eigenvalue weighted by atomic mass is 16.5. The lowest BCUT2D eigenvalue weighted by Gasteiger charge is -2.23. The normalized spacial score (nSPS) is 11.3. The average molecular weight is 504 g/mol. The first-order valence-electron chi connectivity index (χ1n) is 11.6. The number of amides is 3. The third kappa shape index (κ3) is 6.72. The molecule has 0 saturated carbocycles. The van der Waals surface area contributed by atoms with Crippen LogP contribution in [0.25, 0.3) is 0 Å². The lowest BCUT2D eigenvalue weighted by Crippen LogP contribution is -2.47. The van der Waals surface area contributed by atoms with Crippen molar-refractivity contribution in [3.63, 3.8) is 0 Å². The van der Waals surface area contributed by atoms with E-state index < -0.39 is 29.7 Å². The van der Waals surface area contributed by atoms with Crippen molar-refractivity contribution in [2.24, 2.45) is 5.92 Å². The number of methoxy groups -OCH3 is 2. The first-order chi connectivity index (χ1) is 17.7. The summed E-state index contributed by atoms with van der Waals surface area (Å²) in [6, 6.07) is 18.6. The minimum absolute atomic E-state index is 0.192. The van der Waals surface area contributed by atoms with E-state index in [-0.39, 0.29) is 22.7 Å². The van der Waals surface area contributed by atoms with Gasteiger partial charge in [-0.05, 0) is 54.4 Å². The molecule has 0 aromatic heterocycles. The Bertz CT molecular complexity index is 1290. The van der Waals surface area contributed by atoms with E-state index in [2.05, 4.69) is 16.0 Å². The van der Waals surface area contributed by atoms with Gasteiger partial charge in [0, 0.05) is 5.56 Å². The molecular weight excluding hydrogens is 474 g/mol. The third-order valence-corrected chi connectivity index (χ3v) is 5.60. The van der Waals surface area contributed by atoms with Crippen LogP contribution in [0.1, 0.15) is 44.9 Å². The van der Waals surface area contributed by atoms with Gasteiger partial charge in [0.05, 0.1) is 36.7 Å². The number of esters is 1. The van der Waals surface area contributed by atoms with E-state index in [4.69, 9.17) is 9.47 Å². The van der Waals surface area contributed by atoms with Crippen LogP contribution >= 0.6 is 0 Å². The fourth-order valence-electron chi connectivity index (χ4n) is 3.57. The molecule has 0 fully saturated rings. The van der Waals surface area contributed by atoms with Crippen molar-refractivity contribution in [1.29, 1.82) is 0 Å². The van der Waals surface area contributed by atoms with Crippen LogP contribution in [0.5, 0.6) is 5.75 Å². The second-order valence-corrected chi connectivity index (χ2v) is 8.45. The molecule has 37 heavy (non-hydrogen) atoms. The van der Waals surface area contributed by atoms with E-state index in [0.29, 0.717) is 17.0 Å². The molecule has 0 spiro atoms. The summed E-state index contributed by atoms with van der Waals surface area (Å²) in [5.41, 5.74) is 1.34. The van der Waals surface area contributed by atoms with E-state index >= 15 is 0 Å². The summed E-state index contributed by atoms with van der Waals surface area (Å²) in [5.74, 6) is -1.71. The highest BCUT2D eigenvalue weighted by molar-refractivity contribution is 6.10. The largest absolute Gasteiger partial charge is 0.497 e. The Morgan fingerprint density at radius 2 is 1.27 bits per heavy atom. The molecule has 0 radical (unpaired) electrons. The molecule has 3 aromatic carbocycles. The summed E-state index contributed by atoms with van der Waals surface area (Å²) >= 11 is 0. The number of para-hydroxylation sites is 2. The maximum absolute atomic E-state index is 13.2.